The first-order chi connectivity index (χ1) is 12.7. The van der Waals surface area contributed by atoms with Gasteiger partial charge in [0.1, 0.15) is 6.54 Å². The number of halogens is 2. The SMILES string of the molecule is CCNC(=NCC(=O)NC(C)(C)C)NCCCC(=O)Nc1ccc(Cl)cc1.I. The van der Waals surface area contributed by atoms with E-state index in [0.29, 0.717) is 36.9 Å². The van der Waals surface area contributed by atoms with Gasteiger partial charge in [-0.3, -0.25) is 9.59 Å². The largest absolute Gasteiger partial charge is 0.357 e. The summed E-state index contributed by atoms with van der Waals surface area (Å²) < 4.78 is 0. The molecule has 0 saturated carbocycles. The molecule has 28 heavy (non-hydrogen) atoms. The number of benzene rings is 1. The topological polar surface area (TPSA) is 94.6 Å². The van der Waals surface area contributed by atoms with E-state index in [-0.39, 0.29) is 47.9 Å². The highest BCUT2D eigenvalue weighted by Gasteiger charge is 2.13. The number of carbonyl (C=O) groups is 2. The van der Waals surface area contributed by atoms with E-state index in [9.17, 15) is 9.59 Å². The van der Waals surface area contributed by atoms with Gasteiger partial charge in [0.2, 0.25) is 11.8 Å². The molecule has 0 aromatic heterocycles. The Hall–Kier alpha value is -1.55. The molecule has 0 bridgehead atoms. The Morgan fingerprint density at radius 1 is 1.07 bits per heavy atom. The molecular formula is C19H31ClIN5O2. The Balaban J connectivity index is 0.00000729. The van der Waals surface area contributed by atoms with Crippen molar-refractivity contribution in [3.8, 4) is 0 Å². The van der Waals surface area contributed by atoms with Crippen LogP contribution in [0.3, 0.4) is 0 Å². The second-order valence-corrected chi connectivity index (χ2v) is 7.52. The molecule has 1 rings (SSSR count). The third-order valence-electron chi connectivity index (χ3n) is 3.24. The van der Waals surface area contributed by atoms with E-state index < -0.39 is 0 Å². The maximum Gasteiger partial charge on any atom is 0.242 e. The van der Waals surface area contributed by atoms with E-state index in [1.54, 1.807) is 24.3 Å². The number of nitrogens with one attached hydrogen (secondary N) is 4. The number of aliphatic imine (C=N–C) groups is 1. The first kappa shape index (κ1) is 26.4. The first-order valence-electron chi connectivity index (χ1n) is 9.08. The van der Waals surface area contributed by atoms with Crippen LogP contribution in [-0.4, -0.2) is 42.9 Å². The molecule has 0 aliphatic heterocycles. The molecular weight excluding hydrogens is 493 g/mol. The third kappa shape index (κ3) is 12.8. The predicted octanol–water partition coefficient (Wildman–Crippen LogP) is 3.15. The fourth-order valence-corrected chi connectivity index (χ4v) is 2.29. The smallest absolute Gasteiger partial charge is 0.242 e. The number of anilines is 1. The first-order valence-corrected chi connectivity index (χ1v) is 9.46. The van der Waals surface area contributed by atoms with Crippen LogP contribution >= 0.6 is 35.6 Å². The molecule has 0 spiro atoms. The van der Waals surface area contributed by atoms with Gasteiger partial charge in [-0.2, -0.15) is 0 Å². The van der Waals surface area contributed by atoms with Crippen LogP contribution in [0.25, 0.3) is 0 Å². The van der Waals surface area contributed by atoms with E-state index in [2.05, 4.69) is 26.3 Å². The van der Waals surface area contributed by atoms with Gasteiger partial charge in [0.25, 0.3) is 0 Å². The molecule has 0 aliphatic rings. The van der Waals surface area contributed by atoms with Crippen molar-refractivity contribution in [2.75, 3.05) is 25.0 Å². The lowest BCUT2D eigenvalue weighted by molar-refractivity contribution is -0.121. The summed E-state index contributed by atoms with van der Waals surface area (Å²) in [6.07, 6.45) is 1.01. The van der Waals surface area contributed by atoms with Gasteiger partial charge >= 0.3 is 0 Å². The van der Waals surface area contributed by atoms with Crippen molar-refractivity contribution < 1.29 is 9.59 Å². The lowest BCUT2D eigenvalue weighted by Crippen LogP contribution is -2.43. The lowest BCUT2D eigenvalue weighted by Gasteiger charge is -2.20. The second kappa shape index (κ2) is 13.6. The van der Waals surface area contributed by atoms with Crippen LogP contribution in [0.4, 0.5) is 5.69 Å². The molecule has 0 unspecified atom stereocenters. The fraction of sp³-hybridized carbons (Fsp3) is 0.526. The van der Waals surface area contributed by atoms with Gasteiger partial charge in [-0.1, -0.05) is 11.6 Å². The maximum atomic E-state index is 11.9. The summed E-state index contributed by atoms with van der Waals surface area (Å²) in [5.41, 5.74) is 0.438. The summed E-state index contributed by atoms with van der Waals surface area (Å²) in [5.74, 6) is 0.354. The summed E-state index contributed by atoms with van der Waals surface area (Å²) in [6.45, 7) is 9.02. The summed E-state index contributed by atoms with van der Waals surface area (Å²) in [4.78, 5) is 28.1. The molecule has 0 heterocycles. The highest BCUT2D eigenvalue weighted by atomic mass is 127. The minimum atomic E-state index is -0.282. The van der Waals surface area contributed by atoms with E-state index in [1.165, 1.54) is 0 Å². The van der Waals surface area contributed by atoms with E-state index >= 15 is 0 Å². The molecule has 0 aliphatic carbocycles. The van der Waals surface area contributed by atoms with Crippen LogP contribution in [0.1, 0.15) is 40.5 Å². The second-order valence-electron chi connectivity index (χ2n) is 7.08. The molecule has 0 saturated heterocycles. The molecule has 1 aromatic rings. The monoisotopic (exact) mass is 523 g/mol. The van der Waals surface area contributed by atoms with Gasteiger partial charge in [-0.05, 0) is 58.4 Å². The summed E-state index contributed by atoms with van der Waals surface area (Å²) >= 11 is 5.82. The Labute approximate surface area is 189 Å². The minimum Gasteiger partial charge on any atom is -0.357 e. The number of guanidine groups is 1. The Kier molecular flexibility index (Phi) is 12.8. The molecule has 158 valence electrons. The van der Waals surface area contributed by atoms with Gasteiger partial charge in [-0.25, -0.2) is 4.99 Å². The van der Waals surface area contributed by atoms with E-state index in [1.807, 2.05) is 27.7 Å². The number of hydrogen-bond acceptors (Lipinski definition) is 3. The van der Waals surface area contributed by atoms with Crippen LogP contribution in [0.2, 0.25) is 5.02 Å². The zero-order valence-corrected chi connectivity index (χ0v) is 20.0. The van der Waals surface area contributed by atoms with Gasteiger partial charge in [0.05, 0.1) is 0 Å². The third-order valence-corrected chi connectivity index (χ3v) is 3.49. The summed E-state index contributed by atoms with van der Waals surface area (Å²) in [7, 11) is 0. The highest BCUT2D eigenvalue weighted by molar-refractivity contribution is 14.0. The van der Waals surface area contributed by atoms with Gasteiger partial charge in [0, 0.05) is 35.8 Å². The van der Waals surface area contributed by atoms with E-state index in [0.717, 1.165) is 5.69 Å². The van der Waals surface area contributed by atoms with Gasteiger partial charge in [0.15, 0.2) is 5.96 Å². The van der Waals surface area contributed by atoms with Crippen molar-refractivity contribution in [2.45, 2.75) is 46.1 Å². The molecule has 7 nitrogen and oxygen atoms in total. The average molecular weight is 524 g/mol. The van der Waals surface area contributed by atoms with Gasteiger partial charge in [-0.15, -0.1) is 24.0 Å². The van der Waals surface area contributed by atoms with Crippen molar-refractivity contribution in [2.24, 2.45) is 4.99 Å². The van der Waals surface area contributed by atoms with Crippen molar-refractivity contribution in [1.82, 2.24) is 16.0 Å². The van der Waals surface area contributed by atoms with Crippen LogP contribution in [0, 0.1) is 0 Å². The Morgan fingerprint density at radius 2 is 1.71 bits per heavy atom. The zero-order chi connectivity index (χ0) is 20.3. The fourth-order valence-electron chi connectivity index (χ4n) is 2.16. The number of hydrogen-bond donors (Lipinski definition) is 4. The summed E-state index contributed by atoms with van der Waals surface area (Å²) in [5, 5.41) is 12.5. The molecule has 0 fully saturated rings. The Morgan fingerprint density at radius 3 is 2.29 bits per heavy atom. The normalized spacial score (nSPS) is 11.2. The molecule has 0 radical (unpaired) electrons. The predicted molar refractivity (Wildman–Crippen MR) is 127 cm³/mol. The van der Waals surface area contributed by atoms with Crippen LogP contribution in [0.5, 0.6) is 0 Å². The number of amides is 2. The van der Waals surface area contributed by atoms with Crippen molar-refractivity contribution in [3.63, 3.8) is 0 Å². The highest BCUT2D eigenvalue weighted by Crippen LogP contribution is 2.13. The van der Waals surface area contributed by atoms with Crippen LogP contribution in [0.15, 0.2) is 29.3 Å². The quantitative estimate of drug-likeness (QED) is 0.182. The number of rotatable bonds is 8. The lowest BCUT2D eigenvalue weighted by atomic mass is 10.1. The average Bonchev–Trinajstić information content (AvgIpc) is 2.57. The molecule has 9 heteroatoms. The van der Waals surface area contributed by atoms with Crippen molar-refractivity contribution in [1.29, 1.82) is 0 Å². The minimum absolute atomic E-state index is 0. The molecule has 4 N–H and O–H groups in total. The summed E-state index contributed by atoms with van der Waals surface area (Å²) in [6, 6.07) is 6.98. The molecule has 1 aromatic carbocycles. The maximum absolute atomic E-state index is 11.9. The zero-order valence-electron chi connectivity index (χ0n) is 16.9. The van der Waals surface area contributed by atoms with E-state index in [4.69, 9.17) is 11.6 Å². The van der Waals surface area contributed by atoms with Gasteiger partial charge < -0.3 is 21.3 Å². The molecule has 2 amide bonds. The standard InChI is InChI=1S/C19H30ClN5O2.HI/c1-5-21-18(23-13-17(27)25-19(2,3)4)22-12-6-7-16(26)24-15-10-8-14(20)9-11-15;/h8-11H,5-7,12-13H2,1-4H3,(H,24,26)(H,25,27)(H2,21,22,23);1H. The van der Waals surface area contributed by atoms with Crippen LogP contribution in [-0.2, 0) is 9.59 Å². The number of nitrogens with zero attached hydrogens (tertiary/aromatic N) is 1. The molecule has 0 atom stereocenters. The van der Waals surface area contributed by atoms with Crippen molar-refractivity contribution in [3.05, 3.63) is 29.3 Å². The van der Waals surface area contributed by atoms with Crippen LogP contribution < -0.4 is 21.3 Å². The Bertz CT molecular complexity index is 645. The van der Waals surface area contributed by atoms with Crippen molar-refractivity contribution >= 4 is 59.0 Å². The number of carbonyl (C=O) groups excluding carboxylic acids is 2.